The Morgan fingerprint density at radius 2 is 0.470 bits per heavy atom. The van der Waals surface area contributed by atoms with Gasteiger partial charge in [0.1, 0.15) is 13.2 Å². The van der Waals surface area contributed by atoms with E-state index in [2.05, 4.69) is 81.5 Å². The van der Waals surface area contributed by atoms with Crippen LogP contribution in [0, 0.1) is 0 Å². The highest BCUT2D eigenvalue weighted by Gasteiger charge is 2.19. The first-order chi connectivity index (χ1) is 41.0. The minimum atomic E-state index is -0.794. The topological polar surface area (TPSA) is 78.9 Å². The molecule has 0 aliphatic rings. The maximum atomic E-state index is 12.9. The Labute approximate surface area is 517 Å². The van der Waals surface area contributed by atoms with Gasteiger partial charge in [-0.2, -0.15) is 0 Å². The second-order valence-electron chi connectivity index (χ2n) is 24.8. The molecule has 0 fully saturated rings. The van der Waals surface area contributed by atoms with Crippen molar-refractivity contribution in [3.63, 3.8) is 0 Å². The van der Waals surface area contributed by atoms with Gasteiger partial charge in [0.05, 0.1) is 0 Å². The molecule has 6 nitrogen and oxygen atoms in total. The molecule has 1 unspecified atom stereocenters. The highest BCUT2D eigenvalue weighted by molar-refractivity contribution is 5.71. The van der Waals surface area contributed by atoms with Gasteiger partial charge in [0.2, 0.25) is 0 Å². The Bertz CT molecular complexity index is 1470. The summed E-state index contributed by atoms with van der Waals surface area (Å²) >= 11 is 0. The Hall–Kier alpha value is -2.89. The van der Waals surface area contributed by atoms with E-state index in [-0.39, 0.29) is 31.1 Å². The second kappa shape index (κ2) is 71.6. The summed E-state index contributed by atoms with van der Waals surface area (Å²) in [6.45, 7) is 6.55. The number of carbonyl (C=O) groups excluding carboxylic acids is 3. The highest BCUT2D eigenvalue weighted by atomic mass is 16.6. The molecule has 6 heteroatoms. The van der Waals surface area contributed by atoms with Crippen LogP contribution in [0.5, 0.6) is 0 Å². The largest absolute Gasteiger partial charge is 0.462 e. The van der Waals surface area contributed by atoms with Crippen LogP contribution in [-0.2, 0) is 28.6 Å². The molecule has 0 rings (SSSR count). The van der Waals surface area contributed by atoms with Crippen LogP contribution in [0.3, 0.4) is 0 Å². The van der Waals surface area contributed by atoms with E-state index in [1.165, 1.54) is 270 Å². The van der Waals surface area contributed by atoms with Crippen LogP contribution >= 0.6 is 0 Å². The summed E-state index contributed by atoms with van der Waals surface area (Å²) in [5.41, 5.74) is 0. The molecule has 0 aromatic rings. The number of allylic oxidation sites excluding steroid dienone is 10. The fraction of sp³-hybridized carbons (Fsp3) is 0.831. The first-order valence-electron chi connectivity index (χ1n) is 36.8. The van der Waals surface area contributed by atoms with E-state index in [0.717, 1.165) is 83.5 Å². The molecular weight excluding hydrogens is 1020 g/mol. The Kier molecular flexibility index (Phi) is 69.1. The van der Waals surface area contributed by atoms with E-state index in [0.29, 0.717) is 19.3 Å². The van der Waals surface area contributed by atoms with Crippen molar-refractivity contribution in [1.29, 1.82) is 0 Å². The number of unbranched alkanes of at least 4 members (excludes halogenated alkanes) is 47. The van der Waals surface area contributed by atoms with Crippen molar-refractivity contribution in [2.24, 2.45) is 0 Å². The predicted octanol–water partition coefficient (Wildman–Crippen LogP) is 25.5. The van der Waals surface area contributed by atoms with Crippen LogP contribution in [0.1, 0.15) is 393 Å². The van der Waals surface area contributed by atoms with Crippen molar-refractivity contribution in [2.75, 3.05) is 13.2 Å². The van der Waals surface area contributed by atoms with E-state index < -0.39 is 6.10 Å². The minimum absolute atomic E-state index is 0.0857. The van der Waals surface area contributed by atoms with Crippen LogP contribution in [-0.4, -0.2) is 37.2 Å². The summed E-state index contributed by atoms with van der Waals surface area (Å²) in [6, 6.07) is 0. The van der Waals surface area contributed by atoms with E-state index in [1.807, 2.05) is 0 Å². The number of hydrogen-bond acceptors (Lipinski definition) is 6. The molecule has 0 aliphatic heterocycles. The van der Waals surface area contributed by atoms with Crippen LogP contribution < -0.4 is 0 Å². The van der Waals surface area contributed by atoms with Crippen LogP contribution in [0.4, 0.5) is 0 Å². The van der Waals surface area contributed by atoms with Crippen LogP contribution in [0.25, 0.3) is 0 Å². The van der Waals surface area contributed by atoms with Crippen LogP contribution in [0.2, 0.25) is 0 Å². The molecule has 0 bridgehead atoms. The zero-order valence-corrected chi connectivity index (χ0v) is 55.7. The molecule has 0 amide bonds. The Morgan fingerprint density at radius 1 is 0.253 bits per heavy atom. The van der Waals surface area contributed by atoms with Crippen molar-refractivity contribution in [1.82, 2.24) is 0 Å². The lowest BCUT2D eigenvalue weighted by atomic mass is 10.0. The summed E-state index contributed by atoms with van der Waals surface area (Å²) < 4.78 is 16.9. The summed E-state index contributed by atoms with van der Waals surface area (Å²) in [7, 11) is 0. The average Bonchev–Trinajstić information content (AvgIpc) is 3.49. The summed E-state index contributed by atoms with van der Waals surface area (Å²) in [5, 5.41) is 0. The van der Waals surface area contributed by atoms with Crippen molar-refractivity contribution in [2.45, 2.75) is 399 Å². The highest BCUT2D eigenvalue weighted by Crippen LogP contribution is 2.19. The van der Waals surface area contributed by atoms with Gasteiger partial charge in [-0.25, -0.2) is 0 Å². The van der Waals surface area contributed by atoms with E-state index in [4.69, 9.17) is 14.2 Å². The molecule has 0 saturated heterocycles. The van der Waals surface area contributed by atoms with Gasteiger partial charge in [0.25, 0.3) is 0 Å². The second-order valence-corrected chi connectivity index (χ2v) is 24.8. The fourth-order valence-corrected chi connectivity index (χ4v) is 11.0. The minimum Gasteiger partial charge on any atom is -0.462 e. The van der Waals surface area contributed by atoms with E-state index in [1.54, 1.807) is 0 Å². The monoisotopic (exact) mass is 1160 g/mol. The van der Waals surface area contributed by atoms with Gasteiger partial charge in [0.15, 0.2) is 6.10 Å². The molecule has 0 aromatic carbocycles. The van der Waals surface area contributed by atoms with Gasteiger partial charge in [0, 0.05) is 19.3 Å². The third-order valence-corrected chi connectivity index (χ3v) is 16.5. The maximum Gasteiger partial charge on any atom is 0.306 e. The lowest BCUT2D eigenvalue weighted by Crippen LogP contribution is -2.30. The SMILES string of the molecule is CC/C=C\C/C=C\C/C=C\C/C=C\CCCCC(=O)OCC(COC(=O)CCCCCCCCCCCCCCCCCCCCCCCCCCCCCCCCCC)OC(=O)CCCCCCCCC/C=C\CCCCCCCCC. The number of hydrogen-bond donors (Lipinski definition) is 0. The summed E-state index contributed by atoms with van der Waals surface area (Å²) in [6.07, 6.45) is 92.8. The molecule has 0 heterocycles. The van der Waals surface area contributed by atoms with Crippen molar-refractivity contribution >= 4 is 17.9 Å². The number of ether oxygens (including phenoxy) is 3. The summed E-state index contributed by atoms with van der Waals surface area (Å²) in [4.78, 5) is 38.4. The van der Waals surface area contributed by atoms with Crippen molar-refractivity contribution < 1.29 is 28.6 Å². The smallest absolute Gasteiger partial charge is 0.306 e. The number of esters is 3. The molecule has 1 atom stereocenters. The van der Waals surface area contributed by atoms with Crippen molar-refractivity contribution in [3.8, 4) is 0 Å². The van der Waals surface area contributed by atoms with Gasteiger partial charge in [-0.05, 0) is 83.5 Å². The van der Waals surface area contributed by atoms with Crippen LogP contribution in [0.15, 0.2) is 60.8 Å². The first-order valence-corrected chi connectivity index (χ1v) is 36.8. The van der Waals surface area contributed by atoms with E-state index in [9.17, 15) is 14.4 Å². The molecule has 0 N–H and O–H groups in total. The van der Waals surface area contributed by atoms with Gasteiger partial charge in [-0.1, -0.05) is 351 Å². The molecule has 0 aliphatic carbocycles. The quantitative estimate of drug-likeness (QED) is 0.0261. The molecule has 0 saturated carbocycles. The molecule has 0 aromatic heterocycles. The number of carbonyl (C=O) groups is 3. The third-order valence-electron chi connectivity index (χ3n) is 16.5. The zero-order valence-electron chi connectivity index (χ0n) is 55.7. The number of rotatable bonds is 68. The lowest BCUT2D eigenvalue weighted by molar-refractivity contribution is -0.167. The average molecular weight is 1160 g/mol. The van der Waals surface area contributed by atoms with Gasteiger partial charge >= 0.3 is 17.9 Å². The Balaban J connectivity index is 4.19. The first kappa shape index (κ1) is 80.1. The third kappa shape index (κ3) is 69.8. The predicted molar refractivity (Wildman–Crippen MR) is 362 cm³/mol. The molecule has 83 heavy (non-hydrogen) atoms. The molecule has 484 valence electrons. The molecular formula is C77H140O6. The standard InChI is InChI=1S/C77H140O6/c1-4-7-10-13-16-19-22-25-28-30-32-33-34-35-36-37-38-39-40-41-42-43-44-45-47-49-52-55-58-61-64-67-70-76(79)82-73-74(72-81-75(78)69-66-63-60-57-54-51-48-27-24-21-18-15-12-9-6-3)83-77(80)71-68-65-62-59-56-53-50-46-31-29-26-23-20-17-14-11-8-5-2/h9,12,18,21,27,29,31,48,54,57,74H,4-8,10-11,13-17,19-20,22-26,28,30,32-47,49-53,55-56,58-73H2,1-3H3/b12-9-,21-18-,31-29-,48-27-,57-54-. The fourth-order valence-electron chi connectivity index (χ4n) is 11.0. The van der Waals surface area contributed by atoms with Gasteiger partial charge < -0.3 is 14.2 Å². The normalized spacial score (nSPS) is 12.4. The van der Waals surface area contributed by atoms with Crippen molar-refractivity contribution in [3.05, 3.63) is 60.8 Å². The Morgan fingerprint density at radius 3 is 0.771 bits per heavy atom. The molecule has 0 spiro atoms. The van der Waals surface area contributed by atoms with E-state index >= 15 is 0 Å². The zero-order chi connectivity index (χ0) is 59.9. The maximum absolute atomic E-state index is 12.9. The van der Waals surface area contributed by atoms with Gasteiger partial charge in [-0.3, -0.25) is 14.4 Å². The van der Waals surface area contributed by atoms with Gasteiger partial charge in [-0.15, -0.1) is 0 Å². The lowest BCUT2D eigenvalue weighted by Gasteiger charge is -2.18. The summed E-state index contributed by atoms with van der Waals surface area (Å²) in [5.74, 6) is -0.911. The molecule has 0 radical (unpaired) electrons.